The molecule has 0 amide bonds. The quantitative estimate of drug-likeness (QED) is 0.862. The lowest BCUT2D eigenvalue weighted by Crippen LogP contribution is -2.51. The predicted molar refractivity (Wildman–Crippen MR) is 70.2 cm³/mol. The lowest BCUT2D eigenvalue weighted by molar-refractivity contribution is -0.126. The number of benzene rings is 1. The summed E-state index contributed by atoms with van der Waals surface area (Å²) in [6.45, 7) is 1.51. The first-order valence-electron chi connectivity index (χ1n) is 6.75. The summed E-state index contributed by atoms with van der Waals surface area (Å²) < 4.78 is 63.8. The Bertz CT molecular complexity index is 489. The Morgan fingerprint density at radius 2 is 1.95 bits per heavy atom. The average molecular weight is 308 g/mol. The zero-order chi connectivity index (χ0) is 15.6. The van der Waals surface area contributed by atoms with Crippen LogP contribution in [-0.2, 0) is 0 Å². The number of nitrogens with zero attached hydrogens (tertiary/aromatic N) is 1. The average Bonchev–Trinajstić information content (AvgIpc) is 2.38. The normalized spacial score (nSPS) is 23.4. The van der Waals surface area contributed by atoms with E-state index in [1.54, 1.807) is 4.90 Å². The minimum Gasteiger partial charge on any atom is -0.367 e. The zero-order valence-corrected chi connectivity index (χ0v) is 11.6. The van der Waals surface area contributed by atoms with Crippen LogP contribution < -0.4 is 10.2 Å². The molecule has 0 radical (unpaired) electrons. The summed E-state index contributed by atoms with van der Waals surface area (Å²) in [5.74, 6) is -1.04. The maximum Gasteiger partial charge on any atom is 0.401 e. The van der Waals surface area contributed by atoms with Crippen molar-refractivity contribution in [2.75, 3.05) is 24.5 Å². The van der Waals surface area contributed by atoms with Gasteiger partial charge >= 0.3 is 6.18 Å². The van der Waals surface area contributed by atoms with Crippen LogP contribution in [0.2, 0.25) is 0 Å². The maximum atomic E-state index is 13.8. The Kier molecular flexibility index (Phi) is 4.70. The van der Waals surface area contributed by atoms with Crippen molar-refractivity contribution < 1.29 is 22.0 Å². The summed E-state index contributed by atoms with van der Waals surface area (Å²) in [7, 11) is 0. The molecule has 2 nitrogen and oxygen atoms in total. The first kappa shape index (κ1) is 16.0. The van der Waals surface area contributed by atoms with Gasteiger partial charge in [0.1, 0.15) is 11.6 Å². The highest BCUT2D eigenvalue weighted by Gasteiger charge is 2.31. The van der Waals surface area contributed by atoms with Gasteiger partial charge in [0, 0.05) is 25.2 Å². The van der Waals surface area contributed by atoms with Crippen LogP contribution in [0.4, 0.5) is 27.6 Å². The van der Waals surface area contributed by atoms with Crippen molar-refractivity contribution in [3.8, 4) is 0 Å². The van der Waals surface area contributed by atoms with Gasteiger partial charge in [-0.25, -0.2) is 8.78 Å². The van der Waals surface area contributed by atoms with Crippen LogP contribution >= 0.6 is 0 Å². The van der Waals surface area contributed by atoms with Crippen LogP contribution in [0.15, 0.2) is 18.2 Å². The van der Waals surface area contributed by atoms with Gasteiger partial charge in [-0.05, 0) is 24.5 Å². The molecule has 0 bridgehead atoms. The summed E-state index contributed by atoms with van der Waals surface area (Å²) in [5.41, 5.74) is 0.0976. The minimum absolute atomic E-state index is 0.0900. The summed E-state index contributed by atoms with van der Waals surface area (Å²) in [6.07, 6.45) is -3.71. The predicted octanol–water partition coefficient (Wildman–Crippen LogP) is 3.33. The van der Waals surface area contributed by atoms with E-state index in [0.29, 0.717) is 13.0 Å². The molecule has 1 aliphatic heterocycles. The summed E-state index contributed by atoms with van der Waals surface area (Å²) in [6, 6.07) is 2.72. The van der Waals surface area contributed by atoms with Crippen LogP contribution in [0.5, 0.6) is 0 Å². The maximum absolute atomic E-state index is 13.8. The number of anilines is 1. The van der Waals surface area contributed by atoms with Crippen LogP contribution in [0.3, 0.4) is 0 Å². The smallest absolute Gasteiger partial charge is 0.367 e. The second kappa shape index (κ2) is 6.17. The third-order valence-electron chi connectivity index (χ3n) is 3.50. The second-order valence-corrected chi connectivity index (χ2v) is 5.53. The molecule has 1 saturated heterocycles. The second-order valence-electron chi connectivity index (χ2n) is 5.53. The van der Waals surface area contributed by atoms with Gasteiger partial charge in [-0.2, -0.15) is 13.2 Å². The van der Waals surface area contributed by atoms with Gasteiger partial charge in [0.15, 0.2) is 0 Å². The van der Waals surface area contributed by atoms with Crippen LogP contribution in [0.1, 0.15) is 13.3 Å². The van der Waals surface area contributed by atoms with Crippen molar-refractivity contribution in [2.45, 2.75) is 25.6 Å². The largest absolute Gasteiger partial charge is 0.401 e. The van der Waals surface area contributed by atoms with Crippen molar-refractivity contribution in [1.82, 2.24) is 5.32 Å². The number of nitrogens with one attached hydrogen (secondary N) is 1. The van der Waals surface area contributed by atoms with Crippen molar-refractivity contribution in [3.05, 3.63) is 29.8 Å². The SMILES string of the molecule is CC1CC(NCC(F)(F)F)CN(c2cc(F)ccc2F)C1. The Labute approximate surface area is 119 Å². The summed E-state index contributed by atoms with van der Waals surface area (Å²) in [5, 5.41) is 2.44. The molecule has 1 fully saturated rings. The fraction of sp³-hybridized carbons (Fsp3) is 0.571. The highest BCUT2D eigenvalue weighted by Crippen LogP contribution is 2.27. The molecule has 0 aromatic heterocycles. The molecule has 0 spiro atoms. The van der Waals surface area contributed by atoms with E-state index in [-0.39, 0.29) is 18.2 Å². The Morgan fingerprint density at radius 1 is 1.24 bits per heavy atom. The molecule has 2 unspecified atom stereocenters. The fourth-order valence-electron chi connectivity index (χ4n) is 2.68. The number of hydrogen-bond acceptors (Lipinski definition) is 2. The Balaban J connectivity index is 2.08. The standard InChI is InChI=1S/C14H17F5N2/c1-9-4-11(20-8-14(17,18)19)7-21(6-9)13-5-10(15)2-3-12(13)16/h2-3,5,9,11,20H,4,6-8H2,1H3. The molecule has 1 heterocycles. The van der Waals surface area contributed by atoms with Crippen molar-refractivity contribution >= 4 is 5.69 Å². The van der Waals surface area contributed by atoms with E-state index in [4.69, 9.17) is 0 Å². The van der Waals surface area contributed by atoms with Gasteiger partial charge in [-0.3, -0.25) is 0 Å². The molecule has 2 atom stereocenters. The summed E-state index contributed by atoms with van der Waals surface area (Å²) in [4.78, 5) is 1.60. The van der Waals surface area contributed by atoms with Gasteiger partial charge in [-0.15, -0.1) is 0 Å². The number of halogens is 5. The molecule has 7 heteroatoms. The molecule has 1 aromatic rings. The molecule has 118 valence electrons. The molecule has 1 N–H and O–H groups in total. The number of hydrogen-bond donors (Lipinski definition) is 1. The molecular weight excluding hydrogens is 291 g/mol. The van der Waals surface area contributed by atoms with Gasteiger partial charge in [0.25, 0.3) is 0 Å². The number of piperidine rings is 1. The topological polar surface area (TPSA) is 15.3 Å². The van der Waals surface area contributed by atoms with E-state index in [2.05, 4.69) is 5.32 Å². The van der Waals surface area contributed by atoms with Gasteiger partial charge < -0.3 is 10.2 Å². The van der Waals surface area contributed by atoms with Crippen molar-refractivity contribution in [3.63, 3.8) is 0 Å². The van der Waals surface area contributed by atoms with Crippen LogP contribution in [0.25, 0.3) is 0 Å². The molecule has 21 heavy (non-hydrogen) atoms. The molecule has 0 saturated carbocycles. The number of rotatable bonds is 3. The first-order chi connectivity index (χ1) is 9.74. The van der Waals surface area contributed by atoms with E-state index in [1.165, 1.54) is 0 Å². The zero-order valence-electron chi connectivity index (χ0n) is 11.6. The van der Waals surface area contributed by atoms with E-state index < -0.39 is 30.4 Å². The third-order valence-corrected chi connectivity index (χ3v) is 3.50. The van der Waals surface area contributed by atoms with Gasteiger partial charge in [0.2, 0.25) is 0 Å². The molecule has 2 rings (SSSR count). The lowest BCUT2D eigenvalue weighted by atomic mass is 9.95. The lowest BCUT2D eigenvalue weighted by Gasteiger charge is -2.38. The first-order valence-corrected chi connectivity index (χ1v) is 6.75. The molecule has 1 aliphatic rings. The van der Waals surface area contributed by atoms with E-state index in [0.717, 1.165) is 18.2 Å². The van der Waals surface area contributed by atoms with E-state index in [1.807, 2.05) is 6.92 Å². The monoisotopic (exact) mass is 308 g/mol. The Hall–Kier alpha value is -1.37. The van der Waals surface area contributed by atoms with E-state index >= 15 is 0 Å². The molecule has 1 aromatic carbocycles. The highest BCUT2D eigenvalue weighted by molar-refractivity contribution is 5.48. The minimum atomic E-state index is -4.28. The summed E-state index contributed by atoms with van der Waals surface area (Å²) >= 11 is 0. The Morgan fingerprint density at radius 3 is 2.62 bits per heavy atom. The molecular formula is C14H17F5N2. The van der Waals surface area contributed by atoms with Gasteiger partial charge in [-0.1, -0.05) is 6.92 Å². The molecule has 0 aliphatic carbocycles. The van der Waals surface area contributed by atoms with Gasteiger partial charge in [0.05, 0.1) is 12.2 Å². The highest BCUT2D eigenvalue weighted by atomic mass is 19.4. The third kappa shape index (κ3) is 4.56. The van der Waals surface area contributed by atoms with Crippen molar-refractivity contribution in [2.24, 2.45) is 5.92 Å². The van der Waals surface area contributed by atoms with Crippen molar-refractivity contribution in [1.29, 1.82) is 0 Å². The van der Waals surface area contributed by atoms with E-state index in [9.17, 15) is 22.0 Å². The van der Waals surface area contributed by atoms with Crippen LogP contribution in [-0.4, -0.2) is 31.9 Å². The fourth-order valence-corrected chi connectivity index (χ4v) is 2.68. The number of alkyl halides is 3. The van der Waals surface area contributed by atoms with Crippen LogP contribution in [0, 0.1) is 17.6 Å².